The van der Waals surface area contributed by atoms with Crippen LogP contribution in [0.2, 0.25) is 0 Å². The zero-order chi connectivity index (χ0) is 10.4. The number of ether oxygens (including phenoxy) is 1. The van der Waals surface area contributed by atoms with Gasteiger partial charge in [0.25, 0.3) is 0 Å². The van der Waals surface area contributed by atoms with Crippen LogP contribution in [0.15, 0.2) is 24.3 Å². The monoisotopic (exact) mass is 193 g/mol. The molecule has 3 nitrogen and oxygen atoms in total. The summed E-state index contributed by atoms with van der Waals surface area (Å²) >= 11 is 0. The van der Waals surface area contributed by atoms with Crippen molar-refractivity contribution in [2.45, 2.75) is 19.8 Å². The molecule has 14 heavy (non-hydrogen) atoms. The van der Waals surface area contributed by atoms with E-state index in [4.69, 9.17) is 10.5 Å². The van der Waals surface area contributed by atoms with E-state index < -0.39 is 0 Å². The highest BCUT2D eigenvalue weighted by Crippen LogP contribution is 2.13. The lowest BCUT2D eigenvalue weighted by Crippen LogP contribution is -2.04. The zero-order valence-corrected chi connectivity index (χ0v) is 8.32. The van der Waals surface area contributed by atoms with Crippen molar-refractivity contribution >= 4 is 11.5 Å². The van der Waals surface area contributed by atoms with E-state index in [1.807, 2.05) is 6.92 Å². The van der Waals surface area contributed by atoms with Crippen LogP contribution in [0.4, 0.5) is 5.69 Å². The van der Waals surface area contributed by atoms with Gasteiger partial charge in [0.15, 0.2) is 0 Å². The molecule has 0 fully saturated rings. The lowest BCUT2D eigenvalue weighted by Gasteiger charge is -2.04. The summed E-state index contributed by atoms with van der Waals surface area (Å²) < 4.78 is 5.36. The van der Waals surface area contributed by atoms with Gasteiger partial charge in [-0.15, -0.1) is 0 Å². The van der Waals surface area contributed by atoms with Crippen LogP contribution in [0.1, 0.15) is 19.8 Å². The number of ketones is 1. The number of hydrogen-bond donors (Lipinski definition) is 1. The number of carbonyl (C=O) groups is 1. The fraction of sp³-hybridized carbons (Fsp3) is 0.364. The van der Waals surface area contributed by atoms with Crippen molar-refractivity contribution in [3.05, 3.63) is 24.3 Å². The second-order valence-corrected chi connectivity index (χ2v) is 3.06. The number of Topliss-reactive ketones (excluding diaryl/α,β-unsaturated/α-hetero) is 1. The Morgan fingerprint density at radius 3 is 2.57 bits per heavy atom. The maximum atomic E-state index is 11.0. The average Bonchev–Trinajstić information content (AvgIpc) is 2.21. The smallest absolute Gasteiger partial charge is 0.136 e. The highest BCUT2D eigenvalue weighted by atomic mass is 16.5. The van der Waals surface area contributed by atoms with Gasteiger partial charge in [-0.3, -0.25) is 4.79 Å². The molecule has 0 bridgehead atoms. The predicted molar refractivity (Wildman–Crippen MR) is 56.3 cm³/mol. The Balaban J connectivity index is 2.31. The predicted octanol–water partition coefficient (Wildman–Crippen LogP) is 2.02. The number of hydrogen-bond acceptors (Lipinski definition) is 3. The Hall–Kier alpha value is -1.51. The lowest BCUT2D eigenvalue weighted by molar-refractivity contribution is -0.119. The third-order valence-corrected chi connectivity index (χ3v) is 1.92. The van der Waals surface area contributed by atoms with Crippen molar-refractivity contribution in [2.24, 2.45) is 0 Å². The van der Waals surface area contributed by atoms with E-state index in [1.54, 1.807) is 24.3 Å². The molecule has 0 aliphatic rings. The third kappa shape index (κ3) is 3.47. The molecule has 0 saturated heterocycles. The number of carbonyl (C=O) groups excluding carboxylic acids is 1. The van der Waals surface area contributed by atoms with E-state index in [9.17, 15) is 4.79 Å². The normalized spacial score (nSPS) is 9.79. The van der Waals surface area contributed by atoms with Crippen molar-refractivity contribution in [1.82, 2.24) is 0 Å². The maximum absolute atomic E-state index is 11.0. The summed E-state index contributed by atoms with van der Waals surface area (Å²) in [5.41, 5.74) is 6.23. The Labute approximate surface area is 83.9 Å². The van der Waals surface area contributed by atoms with Gasteiger partial charge < -0.3 is 10.5 Å². The second-order valence-electron chi connectivity index (χ2n) is 3.06. The molecule has 0 aliphatic carbocycles. The molecule has 0 radical (unpaired) electrons. The number of nitrogens with two attached hydrogens (primary N) is 1. The minimum atomic E-state index is 0.223. The van der Waals surface area contributed by atoms with Crippen LogP contribution in [-0.4, -0.2) is 12.4 Å². The van der Waals surface area contributed by atoms with Crippen LogP contribution in [0.25, 0.3) is 0 Å². The third-order valence-electron chi connectivity index (χ3n) is 1.92. The second kappa shape index (κ2) is 5.27. The Morgan fingerprint density at radius 1 is 1.36 bits per heavy atom. The summed E-state index contributed by atoms with van der Waals surface area (Å²) in [7, 11) is 0. The van der Waals surface area contributed by atoms with Crippen LogP contribution in [-0.2, 0) is 4.79 Å². The van der Waals surface area contributed by atoms with Gasteiger partial charge >= 0.3 is 0 Å². The standard InChI is InChI=1S/C11H15NO2/c1-2-10(13)7-8-14-11-5-3-9(12)4-6-11/h3-6H,2,7-8,12H2,1H3. The van der Waals surface area contributed by atoms with Crippen LogP contribution < -0.4 is 10.5 Å². The summed E-state index contributed by atoms with van der Waals surface area (Å²) in [4.78, 5) is 11.0. The molecule has 0 aliphatic heterocycles. The van der Waals surface area contributed by atoms with Crippen molar-refractivity contribution in [2.75, 3.05) is 12.3 Å². The molecule has 0 saturated carbocycles. The molecular weight excluding hydrogens is 178 g/mol. The Kier molecular flexibility index (Phi) is 3.98. The molecule has 0 spiro atoms. The average molecular weight is 193 g/mol. The van der Waals surface area contributed by atoms with Gasteiger partial charge in [0.2, 0.25) is 0 Å². The Bertz CT molecular complexity index is 293. The van der Waals surface area contributed by atoms with E-state index in [0.29, 0.717) is 25.1 Å². The van der Waals surface area contributed by atoms with Gasteiger partial charge in [0.05, 0.1) is 6.61 Å². The Morgan fingerprint density at radius 2 is 2.00 bits per heavy atom. The van der Waals surface area contributed by atoms with Crippen molar-refractivity contribution in [3.8, 4) is 5.75 Å². The molecular formula is C11H15NO2. The number of nitrogen functional groups attached to an aromatic ring is 1. The topological polar surface area (TPSA) is 52.3 Å². The first-order chi connectivity index (χ1) is 6.72. The van der Waals surface area contributed by atoms with Crippen molar-refractivity contribution in [1.29, 1.82) is 0 Å². The number of benzene rings is 1. The molecule has 2 N–H and O–H groups in total. The number of rotatable bonds is 5. The molecule has 1 aromatic rings. The van der Waals surface area contributed by atoms with Crippen LogP contribution in [0.3, 0.4) is 0 Å². The highest BCUT2D eigenvalue weighted by Gasteiger charge is 1.98. The maximum Gasteiger partial charge on any atom is 0.136 e. The molecule has 3 heteroatoms. The summed E-state index contributed by atoms with van der Waals surface area (Å²) in [5, 5.41) is 0. The SMILES string of the molecule is CCC(=O)CCOc1ccc(N)cc1. The van der Waals surface area contributed by atoms with Gasteiger partial charge in [-0.1, -0.05) is 6.92 Å². The number of anilines is 1. The molecule has 0 atom stereocenters. The first-order valence-corrected chi connectivity index (χ1v) is 4.72. The van der Waals surface area contributed by atoms with Crippen molar-refractivity contribution in [3.63, 3.8) is 0 Å². The fourth-order valence-corrected chi connectivity index (χ4v) is 1.02. The molecule has 0 aromatic heterocycles. The van der Waals surface area contributed by atoms with Crippen molar-refractivity contribution < 1.29 is 9.53 Å². The minimum absolute atomic E-state index is 0.223. The van der Waals surface area contributed by atoms with E-state index in [2.05, 4.69) is 0 Å². The first kappa shape index (κ1) is 10.6. The largest absolute Gasteiger partial charge is 0.493 e. The summed E-state index contributed by atoms with van der Waals surface area (Å²) in [6.45, 7) is 2.29. The lowest BCUT2D eigenvalue weighted by atomic mass is 10.2. The molecule has 0 heterocycles. The van der Waals surface area contributed by atoms with E-state index >= 15 is 0 Å². The van der Waals surface area contributed by atoms with E-state index in [0.717, 1.165) is 5.75 Å². The minimum Gasteiger partial charge on any atom is -0.493 e. The summed E-state index contributed by atoms with van der Waals surface area (Å²) in [6.07, 6.45) is 1.05. The van der Waals surface area contributed by atoms with E-state index in [-0.39, 0.29) is 5.78 Å². The molecule has 0 unspecified atom stereocenters. The van der Waals surface area contributed by atoms with Gasteiger partial charge in [0.1, 0.15) is 11.5 Å². The van der Waals surface area contributed by atoms with E-state index in [1.165, 1.54) is 0 Å². The highest BCUT2D eigenvalue weighted by molar-refractivity contribution is 5.78. The fourth-order valence-electron chi connectivity index (χ4n) is 1.02. The summed E-state index contributed by atoms with van der Waals surface area (Å²) in [5.74, 6) is 0.976. The van der Waals surface area contributed by atoms with Gasteiger partial charge in [0, 0.05) is 18.5 Å². The molecule has 1 aromatic carbocycles. The van der Waals surface area contributed by atoms with Crippen LogP contribution in [0.5, 0.6) is 5.75 Å². The molecule has 0 amide bonds. The van der Waals surface area contributed by atoms with Gasteiger partial charge in [-0.05, 0) is 24.3 Å². The molecule has 76 valence electrons. The zero-order valence-electron chi connectivity index (χ0n) is 8.32. The quantitative estimate of drug-likeness (QED) is 0.728. The van der Waals surface area contributed by atoms with Crippen LogP contribution >= 0.6 is 0 Å². The first-order valence-electron chi connectivity index (χ1n) is 4.72. The van der Waals surface area contributed by atoms with Gasteiger partial charge in [-0.25, -0.2) is 0 Å². The van der Waals surface area contributed by atoms with Crippen LogP contribution in [0, 0.1) is 0 Å². The molecule has 1 rings (SSSR count). The summed E-state index contributed by atoms with van der Waals surface area (Å²) in [6, 6.07) is 7.14. The van der Waals surface area contributed by atoms with Gasteiger partial charge in [-0.2, -0.15) is 0 Å².